The number of carboxylic acids is 1. The zero-order chi connectivity index (χ0) is 8.15. The lowest BCUT2D eigenvalue weighted by Gasteiger charge is -2.06. The lowest BCUT2D eigenvalue weighted by atomic mass is 10.2. The van der Waals surface area contributed by atoms with Crippen LogP contribution in [0.15, 0.2) is 0 Å². The van der Waals surface area contributed by atoms with Crippen molar-refractivity contribution in [2.24, 2.45) is 5.84 Å². The Morgan fingerprint density at radius 1 is 1.70 bits per heavy atom. The molecule has 58 valence electrons. The molecule has 0 amide bonds. The molecule has 10 heavy (non-hydrogen) atoms. The number of hydrogen-bond acceptors (Lipinski definition) is 4. The van der Waals surface area contributed by atoms with Gasteiger partial charge in [-0.2, -0.15) is 0 Å². The van der Waals surface area contributed by atoms with Crippen molar-refractivity contribution in [1.29, 1.82) is 0 Å². The smallest absolute Gasteiger partial charge is 0.322 e. The van der Waals surface area contributed by atoms with Gasteiger partial charge in [-0.05, 0) is 6.92 Å². The number of aliphatic carboxylic acids is 1. The van der Waals surface area contributed by atoms with E-state index in [4.69, 9.17) is 10.9 Å². The van der Waals surface area contributed by atoms with Crippen molar-refractivity contribution < 1.29 is 14.7 Å². The Bertz CT molecular complexity index is 146. The van der Waals surface area contributed by atoms with Gasteiger partial charge in [0, 0.05) is 6.42 Å². The molecule has 5 heteroatoms. The number of hydrazine groups is 1. The Hall–Kier alpha value is -0.940. The highest BCUT2D eigenvalue weighted by Gasteiger charge is 2.16. The van der Waals surface area contributed by atoms with Gasteiger partial charge in [0.1, 0.15) is 11.8 Å². The van der Waals surface area contributed by atoms with E-state index in [1.807, 2.05) is 5.43 Å². The molecular formula is C5H10N2O3. The van der Waals surface area contributed by atoms with Gasteiger partial charge in [0.15, 0.2) is 0 Å². The summed E-state index contributed by atoms with van der Waals surface area (Å²) in [5.41, 5.74) is 2.01. The molecule has 0 aliphatic carbocycles. The van der Waals surface area contributed by atoms with E-state index in [0.717, 1.165) is 0 Å². The van der Waals surface area contributed by atoms with Crippen molar-refractivity contribution >= 4 is 11.8 Å². The van der Waals surface area contributed by atoms with Crippen LogP contribution in [0.3, 0.4) is 0 Å². The predicted molar refractivity (Wildman–Crippen MR) is 34.0 cm³/mol. The van der Waals surface area contributed by atoms with Crippen LogP contribution in [0.1, 0.15) is 13.3 Å². The number of nitrogens with two attached hydrogens (primary N) is 1. The Labute approximate surface area is 58.2 Å². The Morgan fingerprint density at radius 3 is 2.30 bits per heavy atom. The Balaban J connectivity index is 3.83. The van der Waals surface area contributed by atoms with Crippen LogP contribution < -0.4 is 11.3 Å². The molecule has 0 bridgehead atoms. The molecule has 0 fully saturated rings. The van der Waals surface area contributed by atoms with E-state index >= 15 is 0 Å². The van der Waals surface area contributed by atoms with Gasteiger partial charge in [0.25, 0.3) is 0 Å². The minimum absolute atomic E-state index is 0.0775. The summed E-state index contributed by atoms with van der Waals surface area (Å²) in [6.45, 7) is 1.31. The van der Waals surface area contributed by atoms with Crippen LogP contribution >= 0.6 is 0 Å². The first-order chi connectivity index (χ1) is 4.57. The molecule has 0 rings (SSSR count). The second-order valence-electron chi connectivity index (χ2n) is 1.96. The normalized spacial score (nSPS) is 12.6. The molecule has 4 N–H and O–H groups in total. The molecular weight excluding hydrogens is 136 g/mol. The van der Waals surface area contributed by atoms with Crippen molar-refractivity contribution in [3.63, 3.8) is 0 Å². The van der Waals surface area contributed by atoms with Gasteiger partial charge in [-0.25, -0.2) is 5.43 Å². The SMILES string of the molecule is CC(=O)CC(NN)C(=O)O. The first-order valence-corrected chi connectivity index (χ1v) is 2.76. The summed E-state index contributed by atoms with van der Waals surface area (Å²) in [5, 5.41) is 8.33. The summed E-state index contributed by atoms with van der Waals surface area (Å²) in [7, 11) is 0. The number of Topliss-reactive ketones (excluding diaryl/α,β-unsaturated/α-hetero) is 1. The van der Waals surface area contributed by atoms with E-state index in [2.05, 4.69) is 0 Å². The third kappa shape index (κ3) is 3.16. The third-order valence-electron chi connectivity index (χ3n) is 0.991. The Kier molecular flexibility index (Phi) is 3.60. The molecule has 0 aromatic heterocycles. The molecule has 5 nitrogen and oxygen atoms in total. The molecule has 0 spiro atoms. The van der Waals surface area contributed by atoms with Crippen LogP contribution in [0, 0.1) is 0 Å². The van der Waals surface area contributed by atoms with E-state index in [0.29, 0.717) is 0 Å². The van der Waals surface area contributed by atoms with Crippen LogP contribution in [-0.2, 0) is 9.59 Å². The predicted octanol–water partition coefficient (Wildman–Crippen LogP) is -1.12. The average molecular weight is 146 g/mol. The van der Waals surface area contributed by atoms with Crippen LogP contribution in [0.25, 0.3) is 0 Å². The molecule has 0 aliphatic heterocycles. The van der Waals surface area contributed by atoms with Gasteiger partial charge < -0.3 is 5.11 Å². The molecule has 0 saturated heterocycles. The summed E-state index contributed by atoms with van der Waals surface area (Å²) in [6.07, 6.45) is -0.0775. The molecule has 1 atom stereocenters. The second-order valence-corrected chi connectivity index (χ2v) is 1.96. The lowest BCUT2D eigenvalue weighted by molar-refractivity contribution is -0.141. The minimum atomic E-state index is -1.11. The summed E-state index contributed by atoms with van der Waals surface area (Å²) >= 11 is 0. The topological polar surface area (TPSA) is 92.4 Å². The molecule has 0 heterocycles. The first kappa shape index (κ1) is 9.06. The van der Waals surface area contributed by atoms with Gasteiger partial charge in [0.2, 0.25) is 0 Å². The van der Waals surface area contributed by atoms with Crippen LogP contribution in [0.5, 0.6) is 0 Å². The molecule has 0 aliphatic rings. The molecule has 0 aromatic rings. The lowest BCUT2D eigenvalue weighted by Crippen LogP contribution is -2.42. The van der Waals surface area contributed by atoms with E-state index in [1.54, 1.807) is 0 Å². The van der Waals surface area contributed by atoms with Gasteiger partial charge in [0.05, 0.1) is 0 Å². The third-order valence-corrected chi connectivity index (χ3v) is 0.991. The van der Waals surface area contributed by atoms with Gasteiger partial charge >= 0.3 is 5.97 Å². The van der Waals surface area contributed by atoms with Crippen molar-refractivity contribution in [3.8, 4) is 0 Å². The number of carbonyl (C=O) groups excluding carboxylic acids is 1. The zero-order valence-corrected chi connectivity index (χ0v) is 5.63. The highest BCUT2D eigenvalue weighted by molar-refractivity contribution is 5.84. The van der Waals surface area contributed by atoms with E-state index in [9.17, 15) is 9.59 Å². The summed E-state index contributed by atoms with van der Waals surface area (Å²) < 4.78 is 0. The minimum Gasteiger partial charge on any atom is -0.480 e. The van der Waals surface area contributed by atoms with Crippen molar-refractivity contribution in [2.45, 2.75) is 19.4 Å². The highest BCUT2D eigenvalue weighted by Crippen LogP contribution is 1.90. The zero-order valence-electron chi connectivity index (χ0n) is 5.63. The number of carboxylic acid groups (broad SMARTS) is 1. The largest absolute Gasteiger partial charge is 0.480 e. The van der Waals surface area contributed by atoms with Crippen molar-refractivity contribution in [3.05, 3.63) is 0 Å². The fourth-order valence-electron chi connectivity index (χ4n) is 0.505. The monoisotopic (exact) mass is 146 g/mol. The quantitative estimate of drug-likeness (QED) is 0.345. The fourth-order valence-corrected chi connectivity index (χ4v) is 0.505. The molecule has 0 radical (unpaired) electrons. The van der Waals surface area contributed by atoms with Crippen molar-refractivity contribution in [2.75, 3.05) is 0 Å². The number of nitrogens with one attached hydrogen (secondary N) is 1. The van der Waals surface area contributed by atoms with E-state index < -0.39 is 12.0 Å². The number of hydrogen-bond donors (Lipinski definition) is 3. The number of carbonyl (C=O) groups is 2. The standard InChI is InChI=1S/C5H10N2O3/c1-3(8)2-4(7-6)5(9)10/h4,7H,2,6H2,1H3,(H,9,10). The molecule has 0 aromatic carbocycles. The van der Waals surface area contributed by atoms with Crippen LogP contribution in [0.2, 0.25) is 0 Å². The Morgan fingerprint density at radius 2 is 2.20 bits per heavy atom. The van der Waals surface area contributed by atoms with Crippen molar-refractivity contribution in [1.82, 2.24) is 5.43 Å². The van der Waals surface area contributed by atoms with Gasteiger partial charge in [-0.3, -0.25) is 15.4 Å². The fraction of sp³-hybridized carbons (Fsp3) is 0.600. The highest BCUT2D eigenvalue weighted by atomic mass is 16.4. The second kappa shape index (κ2) is 3.97. The van der Waals surface area contributed by atoms with Gasteiger partial charge in [-0.15, -0.1) is 0 Å². The van der Waals surface area contributed by atoms with Crippen LogP contribution in [-0.4, -0.2) is 22.9 Å². The first-order valence-electron chi connectivity index (χ1n) is 2.76. The maximum Gasteiger partial charge on any atom is 0.322 e. The summed E-state index contributed by atoms with van der Waals surface area (Å²) in [6, 6.07) is -0.961. The van der Waals surface area contributed by atoms with E-state index in [1.165, 1.54) is 6.92 Å². The van der Waals surface area contributed by atoms with E-state index in [-0.39, 0.29) is 12.2 Å². The number of ketones is 1. The average Bonchev–Trinajstić information content (AvgIpc) is 1.81. The maximum absolute atomic E-state index is 10.4. The van der Waals surface area contributed by atoms with Gasteiger partial charge in [-0.1, -0.05) is 0 Å². The van der Waals surface area contributed by atoms with Crippen LogP contribution in [0.4, 0.5) is 0 Å². The summed E-state index contributed by atoms with van der Waals surface area (Å²) in [4.78, 5) is 20.5. The molecule has 1 unspecified atom stereocenters. The maximum atomic E-state index is 10.4. The summed E-state index contributed by atoms with van der Waals surface area (Å²) in [5.74, 6) is 3.52. The molecule has 0 saturated carbocycles. The number of rotatable bonds is 4.